The summed E-state index contributed by atoms with van der Waals surface area (Å²) in [6, 6.07) is 14.2. The van der Waals surface area contributed by atoms with Gasteiger partial charge in [0.25, 0.3) is 5.56 Å². The smallest absolute Gasteiger partial charge is 0.332 e. The maximum absolute atomic E-state index is 13.3. The van der Waals surface area contributed by atoms with Gasteiger partial charge in [-0.3, -0.25) is 23.5 Å². The van der Waals surface area contributed by atoms with Gasteiger partial charge in [-0.2, -0.15) is 0 Å². The van der Waals surface area contributed by atoms with E-state index in [9.17, 15) is 19.2 Å². The van der Waals surface area contributed by atoms with Crippen LogP contribution in [0.5, 0.6) is 0 Å². The van der Waals surface area contributed by atoms with Crippen LogP contribution in [-0.2, 0) is 30.2 Å². The molecular formula is C25H24N4O5. The molecule has 0 spiro atoms. The molecule has 0 amide bonds. The van der Waals surface area contributed by atoms with E-state index in [-0.39, 0.29) is 23.5 Å². The first-order valence-corrected chi connectivity index (χ1v) is 10.6. The molecule has 4 rings (SSSR count). The highest BCUT2D eigenvalue weighted by atomic mass is 16.5. The highest BCUT2D eigenvalue weighted by Gasteiger charge is 2.27. The summed E-state index contributed by atoms with van der Waals surface area (Å²) in [5.41, 5.74) is 2.12. The molecular weight excluding hydrogens is 436 g/mol. The number of imidazole rings is 1. The van der Waals surface area contributed by atoms with Crippen molar-refractivity contribution in [2.45, 2.75) is 26.5 Å². The second-order valence-electron chi connectivity index (χ2n) is 8.26. The molecule has 0 saturated heterocycles. The second kappa shape index (κ2) is 8.93. The van der Waals surface area contributed by atoms with E-state index in [2.05, 4.69) is 4.98 Å². The van der Waals surface area contributed by atoms with E-state index in [4.69, 9.17) is 4.74 Å². The van der Waals surface area contributed by atoms with Crippen molar-refractivity contribution < 1.29 is 14.3 Å². The number of Topliss-reactive ketones (excluding diaryl/α,β-unsaturated/α-hetero) is 1. The highest BCUT2D eigenvalue weighted by Crippen LogP contribution is 2.24. The molecule has 1 atom stereocenters. The van der Waals surface area contributed by atoms with Crippen LogP contribution in [-0.4, -0.2) is 30.4 Å². The summed E-state index contributed by atoms with van der Waals surface area (Å²) in [6.07, 6.45) is 0.146. The fourth-order valence-corrected chi connectivity index (χ4v) is 3.71. The Hall–Kier alpha value is -4.27. The third-order valence-corrected chi connectivity index (χ3v) is 5.72. The van der Waals surface area contributed by atoms with E-state index in [0.717, 1.165) is 15.7 Å². The third kappa shape index (κ3) is 4.19. The van der Waals surface area contributed by atoms with Crippen LogP contribution in [0.1, 0.15) is 33.2 Å². The zero-order valence-electron chi connectivity index (χ0n) is 19.3. The molecule has 2 aromatic heterocycles. The number of carbonyl (C=O) groups excluding carboxylic acids is 2. The van der Waals surface area contributed by atoms with Crippen LogP contribution >= 0.6 is 0 Å². The minimum Gasteiger partial charge on any atom is -0.448 e. The lowest BCUT2D eigenvalue weighted by Gasteiger charge is -2.18. The molecule has 174 valence electrons. The number of hydrogen-bond donors (Lipinski definition) is 0. The predicted molar refractivity (Wildman–Crippen MR) is 126 cm³/mol. The third-order valence-electron chi connectivity index (χ3n) is 5.72. The van der Waals surface area contributed by atoms with Gasteiger partial charge in [0, 0.05) is 25.2 Å². The van der Waals surface area contributed by atoms with Crippen molar-refractivity contribution in [1.29, 1.82) is 0 Å². The minimum absolute atomic E-state index is 0.0956. The van der Waals surface area contributed by atoms with E-state index in [1.807, 2.05) is 38.1 Å². The number of hydrogen-bond acceptors (Lipinski definition) is 6. The number of ether oxygens (including phenoxy) is 1. The van der Waals surface area contributed by atoms with Crippen molar-refractivity contribution in [3.05, 3.63) is 98.0 Å². The van der Waals surface area contributed by atoms with Crippen LogP contribution in [0.3, 0.4) is 0 Å². The van der Waals surface area contributed by atoms with E-state index in [1.54, 1.807) is 24.3 Å². The normalized spacial score (nSPS) is 12.0. The lowest BCUT2D eigenvalue weighted by Crippen LogP contribution is -2.37. The Morgan fingerprint density at radius 2 is 1.50 bits per heavy atom. The summed E-state index contributed by atoms with van der Waals surface area (Å²) in [7, 11) is 2.85. The maximum Gasteiger partial charge on any atom is 0.332 e. The lowest BCUT2D eigenvalue weighted by atomic mass is 9.98. The standard InChI is InChI=1S/C25H24N4O5/c1-15-5-9-17(10-6-15)21(31)22(18-11-7-16(2)8-12-18)34-19(30)13-29-14-26-23-20(29)24(32)28(4)25(33)27(23)3/h5-12,14,22H,13H2,1-4H3. The first-order valence-electron chi connectivity index (χ1n) is 10.6. The zero-order valence-corrected chi connectivity index (χ0v) is 19.3. The molecule has 0 aliphatic rings. The van der Waals surface area contributed by atoms with E-state index in [0.29, 0.717) is 11.1 Å². The van der Waals surface area contributed by atoms with Gasteiger partial charge >= 0.3 is 11.7 Å². The molecule has 0 fully saturated rings. The van der Waals surface area contributed by atoms with Gasteiger partial charge in [-0.05, 0) is 13.8 Å². The Morgan fingerprint density at radius 3 is 2.12 bits per heavy atom. The van der Waals surface area contributed by atoms with Crippen molar-refractivity contribution in [1.82, 2.24) is 18.7 Å². The van der Waals surface area contributed by atoms with Crippen molar-refractivity contribution in [3.63, 3.8) is 0 Å². The number of nitrogens with zero attached hydrogens (tertiary/aromatic N) is 4. The quantitative estimate of drug-likeness (QED) is 0.323. The van der Waals surface area contributed by atoms with Gasteiger partial charge in [0.1, 0.15) is 6.54 Å². The van der Waals surface area contributed by atoms with Gasteiger partial charge in [0.15, 0.2) is 17.3 Å². The predicted octanol–water partition coefficient (Wildman–Crippen LogP) is 2.22. The average Bonchev–Trinajstić information content (AvgIpc) is 3.24. The molecule has 34 heavy (non-hydrogen) atoms. The summed E-state index contributed by atoms with van der Waals surface area (Å²) in [6.45, 7) is 3.49. The van der Waals surface area contributed by atoms with Gasteiger partial charge in [-0.1, -0.05) is 59.7 Å². The zero-order chi connectivity index (χ0) is 24.6. The number of aromatic nitrogens is 4. The average molecular weight is 460 g/mol. The van der Waals surface area contributed by atoms with Crippen LogP contribution in [0.2, 0.25) is 0 Å². The monoisotopic (exact) mass is 460 g/mol. The number of fused-ring (bicyclic) bond motifs is 1. The number of ketones is 1. The number of benzene rings is 2. The fraction of sp³-hybridized carbons (Fsp3) is 0.240. The van der Waals surface area contributed by atoms with Crippen LogP contribution in [0.25, 0.3) is 11.2 Å². The summed E-state index contributed by atoms with van der Waals surface area (Å²) in [5.74, 6) is -1.08. The minimum atomic E-state index is -1.15. The molecule has 0 N–H and O–H groups in total. The summed E-state index contributed by atoms with van der Waals surface area (Å²) < 4.78 is 9.15. The van der Waals surface area contributed by atoms with Crippen molar-refractivity contribution in [3.8, 4) is 0 Å². The molecule has 2 heterocycles. The Balaban J connectivity index is 1.67. The first-order chi connectivity index (χ1) is 16.2. The lowest BCUT2D eigenvalue weighted by molar-refractivity contribution is -0.148. The van der Waals surface area contributed by atoms with E-state index in [1.165, 1.54) is 29.6 Å². The molecule has 0 radical (unpaired) electrons. The van der Waals surface area contributed by atoms with Gasteiger partial charge in [0.2, 0.25) is 5.78 Å². The van der Waals surface area contributed by atoms with Crippen LogP contribution in [0, 0.1) is 13.8 Å². The van der Waals surface area contributed by atoms with Gasteiger partial charge in [-0.15, -0.1) is 0 Å². The largest absolute Gasteiger partial charge is 0.448 e. The summed E-state index contributed by atoms with van der Waals surface area (Å²) in [4.78, 5) is 55.1. The van der Waals surface area contributed by atoms with Gasteiger partial charge in [0.05, 0.1) is 6.33 Å². The molecule has 9 heteroatoms. The van der Waals surface area contributed by atoms with Gasteiger partial charge in [-0.25, -0.2) is 9.78 Å². The van der Waals surface area contributed by atoms with Crippen molar-refractivity contribution in [2.24, 2.45) is 14.1 Å². The Kier molecular flexibility index (Phi) is 6.02. The molecule has 0 saturated carbocycles. The summed E-state index contributed by atoms with van der Waals surface area (Å²) in [5, 5.41) is 0. The Bertz CT molecular complexity index is 1510. The topological polar surface area (TPSA) is 105 Å². The summed E-state index contributed by atoms with van der Waals surface area (Å²) >= 11 is 0. The Morgan fingerprint density at radius 1 is 0.912 bits per heavy atom. The first kappa shape index (κ1) is 22.9. The van der Waals surface area contributed by atoms with E-state index >= 15 is 0 Å². The second-order valence-corrected chi connectivity index (χ2v) is 8.26. The fourth-order valence-electron chi connectivity index (χ4n) is 3.71. The number of esters is 1. The number of rotatable bonds is 6. The SMILES string of the molecule is Cc1ccc(C(=O)C(OC(=O)Cn2cnc3c2c(=O)n(C)c(=O)n3C)c2ccc(C)cc2)cc1. The molecule has 1 unspecified atom stereocenters. The molecule has 2 aromatic carbocycles. The maximum atomic E-state index is 13.3. The van der Waals surface area contributed by atoms with Crippen LogP contribution in [0.4, 0.5) is 0 Å². The number of carbonyl (C=O) groups is 2. The van der Waals surface area contributed by atoms with Gasteiger partial charge < -0.3 is 9.30 Å². The number of aryl methyl sites for hydroxylation is 3. The highest BCUT2D eigenvalue weighted by molar-refractivity contribution is 6.01. The van der Waals surface area contributed by atoms with Crippen LogP contribution < -0.4 is 11.2 Å². The molecule has 0 aliphatic carbocycles. The molecule has 0 aliphatic heterocycles. The molecule has 0 bridgehead atoms. The van der Waals surface area contributed by atoms with Crippen LogP contribution in [0.15, 0.2) is 64.4 Å². The van der Waals surface area contributed by atoms with E-state index < -0.39 is 23.3 Å². The Labute approximate surface area is 194 Å². The molecule has 9 nitrogen and oxygen atoms in total. The van der Waals surface area contributed by atoms with Crippen molar-refractivity contribution in [2.75, 3.05) is 0 Å². The van der Waals surface area contributed by atoms with Crippen molar-refractivity contribution >= 4 is 22.9 Å². The molecule has 4 aromatic rings.